The molecule has 0 saturated carbocycles. The van der Waals surface area contributed by atoms with E-state index in [0.717, 1.165) is 0 Å². The number of pyridine rings is 1. The van der Waals surface area contributed by atoms with Crippen LogP contribution in [0, 0.1) is 21.4 Å². The third-order valence-corrected chi connectivity index (χ3v) is 4.21. The SMILES string of the molecule is COc1ccc(-c2cc(-c3cccc([N+](=O)[O-])c3)nc(N)c2C#N)cc1OC. The molecule has 0 saturated heterocycles. The predicted molar refractivity (Wildman–Crippen MR) is 104 cm³/mol. The summed E-state index contributed by atoms with van der Waals surface area (Å²) in [6.07, 6.45) is 0. The van der Waals surface area contributed by atoms with Gasteiger partial charge in [-0.05, 0) is 23.8 Å². The molecule has 0 atom stereocenters. The fourth-order valence-electron chi connectivity index (χ4n) is 2.84. The number of nitro groups is 1. The molecule has 2 aromatic carbocycles. The minimum atomic E-state index is -0.480. The molecular weight excluding hydrogens is 360 g/mol. The fraction of sp³-hybridized carbons (Fsp3) is 0.100. The van der Waals surface area contributed by atoms with E-state index in [1.807, 2.05) is 0 Å². The molecule has 3 rings (SSSR count). The standard InChI is InChI=1S/C20H16N4O4/c1-27-18-7-6-12(9-19(18)28-2)15-10-17(23-20(22)16(15)11-21)13-4-3-5-14(8-13)24(25)26/h3-10H,1-2H3,(H2,22,23). The Morgan fingerprint density at radius 1 is 1.07 bits per heavy atom. The molecule has 28 heavy (non-hydrogen) atoms. The van der Waals surface area contributed by atoms with Gasteiger partial charge in [0.1, 0.15) is 17.5 Å². The summed E-state index contributed by atoms with van der Waals surface area (Å²) >= 11 is 0. The Balaban J connectivity index is 2.21. The molecule has 0 bridgehead atoms. The summed E-state index contributed by atoms with van der Waals surface area (Å²) in [7, 11) is 3.05. The van der Waals surface area contributed by atoms with Gasteiger partial charge in [0.2, 0.25) is 0 Å². The van der Waals surface area contributed by atoms with Crippen LogP contribution >= 0.6 is 0 Å². The van der Waals surface area contributed by atoms with Crippen molar-refractivity contribution in [2.45, 2.75) is 0 Å². The Morgan fingerprint density at radius 3 is 2.46 bits per heavy atom. The molecule has 8 nitrogen and oxygen atoms in total. The van der Waals surface area contributed by atoms with Gasteiger partial charge < -0.3 is 15.2 Å². The Hall–Kier alpha value is -4.12. The van der Waals surface area contributed by atoms with E-state index in [2.05, 4.69) is 11.1 Å². The normalized spacial score (nSPS) is 10.2. The highest BCUT2D eigenvalue weighted by Crippen LogP contribution is 2.36. The smallest absolute Gasteiger partial charge is 0.270 e. The van der Waals surface area contributed by atoms with Crippen molar-refractivity contribution < 1.29 is 14.4 Å². The van der Waals surface area contributed by atoms with E-state index in [1.165, 1.54) is 26.4 Å². The lowest BCUT2D eigenvalue weighted by atomic mass is 9.98. The zero-order valence-corrected chi connectivity index (χ0v) is 15.2. The Kier molecular flexibility index (Phi) is 5.09. The molecule has 0 aliphatic heterocycles. The molecule has 0 radical (unpaired) electrons. The third-order valence-electron chi connectivity index (χ3n) is 4.21. The van der Waals surface area contributed by atoms with Crippen molar-refractivity contribution in [1.29, 1.82) is 5.26 Å². The second-order valence-corrected chi connectivity index (χ2v) is 5.80. The van der Waals surface area contributed by atoms with Gasteiger partial charge in [0.15, 0.2) is 11.5 Å². The minimum absolute atomic E-state index is 0.0382. The third kappa shape index (κ3) is 3.41. The first kappa shape index (κ1) is 18.7. The topological polar surface area (TPSA) is 124 Å². The summed E-state index contributed by atoms with van der Waals surface area (Å²) in [5.41, 5.74) is 8.31. The van der Waals surface area contributed by atoms with Crippen molar-refractivity contribution in [1.82, 2.24) is 4.98 Å². The maximum Gasteiger partial charge on any atom is 0.270 e. The lowest BCUT2D eigenvalue weighted by Crippen LogP contribution is -2.00. The van der Waals surface area contributed by atoms with Crippen LogP contribution in [0.5, 0.6) is 11.5 Å². The highest BCUT2D eigenvalue weighted by atomic mass is 16.6. The van der Waals surface area contributed by atoms with Gasteiger partial charge in [0.05, 0.1) is 24.8 Å². The molecule has 0 aliphatic carbocycles. The van der Waals surface area contributed by atoms with Gasteiger partial charge in [0, 0.05) is 23.3 Å². The number of nitro benzene ring substituents is 1. The maximum atomic E-state index is 11.1. The Bertz CT molecular complexity index is 1110. The number of nitriles is 1. The Morgan fingerprint density at radius 2 is 1.82 bits per heavy atom. The number of methoxy groups -OCH3 is 2. The number of hydrogen-bond donors (Lipinski definition) is 1. The van der Waals surface area contributed by atoms with E-state index in [4.69, 9.17) is 15.2 Å². The van der Waals surface area contributed by atoms with Crippen LogP contribution in [0.1, 0.15) is 5.56 Å². The number of nitrogens with two attached hydrogens (primary N) is 1. The van der Waals surface area contributed by atoms with E-state index < -0.39 is 4.92 Å². The summed E-state index contributed by atoms with van der Waals surface area (Å²) in [6.45, 7) is 0. The molecule has 2 N–H and O–H groups in total. The molecular formula is C20H16N4O4. The van der Waals surface area contributed by atoms with E-state index in [0.29, 0.717) is 33.9 Å². The predicted octanol–water partition coefficient (Wildman–Crippen LogP) is 3.79. The first-order valence-corrected chi connectivity index (χ1v) is 8.16. The summed E-state index contributed by atoms with van der Waals surface area (Å²) in [4.78, 5) is 14.8. The first-order valence-electron chi connectivity index (χ1n) is 8.16. The van der Waals surface area contributed by atoms with Crippen molar-refractivity contribution in [3.8, 4) is 40.0 Å². The van der Waals surface area contributed by atoms with Crippen molar-refractivity contribution >= 4 is 11.5 Å². The van der Waals surface area contributed by atoms with Crippen molar-refractivity contribution in [2.24, 2.45) is 0 Å². The number of ether oxygens (including phenoxy) is 2. The van der Waals surface area contributed by atoms with Gasteiger partial charge in [-0.1, -0.05) is 18.2 Å². The number of benzene rings is 2. The molecule has 0 aliphatic rings. The van der Waals surface area contributed by atoms with Gasteiger partial charge in [-0.15, -0.1) is 0 Å². The molecule has 0 amide bonds. The van der Waals surface area contributed by atoms with Gasteiger partial charge >= 0.3 is 0 Å². The number of hydrogen-bond acceptors (Lipinski definition) is 7. The summed E-state index contributed by atoms with van der Waals surface area (Å²) in [5.74, 6) is 1.08. The molecule has 1 aromatic heterocycles. The van der Waals surface area contributed by atoms with E-state index in [1.54, 1.807) is 36.4 Å². The van der Waals surface area contributed by atoms with Gasteiger partial charge in [0.25, 0.3) is 5.69 Å². The number of nitrogen functional groups attached to an aromatic ring is 1. The summed E-state index contributed by atoms with van der Waals surface area (Å²) in [5, 5.41) is 20.6. The number of rotatable bonds is 5. The lowest BCUT2D eigenvalue weighted by Gasteiger charge is -2.13. The van der Waals surface area contributed by atoms with Crippen LogP contribution in [-0.2, 0) is 0 Å². The molecule has 0 fully saturated rings. The molecule has 3 aromatic rings. The van der Waals surface area contributed by atoms with Crippen molar-refractivity contribution in [3.05, 3.63) is 64.2 Å². The highest BCUT2D eigenvalue weighted by Gasteiger charge is 2.16. The number of non-ortho nitro benzene ring substituents is 1. The molecule has 0 unspecified atom stereocenters. The second-order valence-electron chi connectivity index (χ2n) is 5.80. The molecule has 1 heterocycles. The number of aromatic nitrogens is 1. The van der Waals surface area contributed by atoms with E-state index in [-0.39, 0.29) is 17.1 Å². The van der Waals surface area contributed by atoms with Gasteiger partial charge in [-0.2, -0.15) is 5.26 Å². The van der Waals surface area contributed by atoms with Crippen LogP contribution in [0.25, 0.3) is 22.4 Å². The average Bonchev–Trinajstić information content (AvgIpc) is 2.72. The van der Waals surface area contributed by atoms with Crippen LogP contribution in [0.3, 0.4) is 0 Å². The number of anilines is 1. The molecule has 0 spiro atoms. The Labute approximate surface area is 160 Å². The van der Waals surface area contributed by atoms with Crippen molar-refractivity contribution in [2.75, 3.05) is 20.0 Å². The first-order chi connectivity index (χ1) is 13.5. The van der Waals surface area contributed by atoms with Crippen LogP contribution in [0.15, 0.2) is 48.5 Å². The van der Waals surface area contributed by atoms with Crippen LogP contribution in [-0.4, -0.2) is 24.1 Å². The van der Waals surface area contributed by atoms with Crippen molar-refractivity contribution in [3.63, 3.8) is 0 Å². The fourth-order valence-corrected chi connectivity index (χ4v) is 2.84. The maximum absolute atomic E-state index is 11.1. The molecule has 8 heteroatoms. The zero-order chi connectivity index (χ0) is 20.3. The number of nitrogens with zero attached hydrogens (tertiary/aromatic N) is 3. The molecule has 140 valence electrons. The van der Waals surface area contributed by atoms with Crippen LogP contribution < -0.4 is 15.2 Å². The van der Waals surface area contributed by atoms with E-state index >= 15 is 0 Å². The summed E-state index contributed by atoms with van der Waals surface area (Å²) in [6, 6.07) is 15.0. The highest BCUT2D eigenvalue weighted by molar-refractivity contribution is 5.81. The average molecular weight is 376 g/mol. The van der Waals surface area contributed by atoms with Crippen LogP contribution in [0.4, 0.5) is 11.5 Å². The zero-order valence-electron chi connectivity index (χ0n) is 15.2. The monoisotopic (exact) mass is 376 g/mol. The van der Waals surface area contributed by atoms with Gasteiger partial charge in [-0.3, -0.25) is 10.1 Å². The largest absolute Gasteiger partial charge is 0.493 e. The van der Waals surface area contributed by atoms with E-state index in [9.17, 15) is 15.4 Å². The lowest BCUT2D eigenvalue weighted by molar-refractivity contribution is -0.384. The summed E-state index contributed by atoms with van der Waals surface area (Å²) < 4.78 is 10.6. The minimum Gasteiger partial charge on any atom is -0.493 e. The quantitative estimate of drug-likeness (QED) is 0.530. The second kappa shape index (κ2) is 7.63. The van der Waals surface area contributed by atoms with Crippen LogP contribution in [0.2, 0.25) is 0 Å². The van der Waals surface area contributed by atoms with Gasteiger partial charge in [-0.25, -0.2) is 4.98 Å².